The van der Waals surface area contributed by atoms with E-state index >= 15 is 0 Å². The van der Waals surface area contributed by atoms with Gasteiger partial charge in [0.25, 0.3) is 5.91 Å². The van der Waals surface area contributed by atoms with Crippen molar-refractivity contribution in [3.05, 3.63) is 47.2 Å². The molecule has 4 aliphatic rings. The SMILES string of the molecule is O=C(c1ccc2c(c1)OCCO2)N1[C@@H]2CC[C@H]1C[C@@H](C1=C(O)C=CCC1)C2. The molecule has 5 heteroatoms. The van der Waals surface area contributed by atoms with Crippen molar-refractivity contribution >= 4 is 5.91 Å². The summed E-state index contributed by atoms with van der Waals surface area (Å²) in [6.45, 7) is 1.07. The molecule has 0 saturated carbocycles. The van der Waals surface area contributed by atoms with Gasteiger partial charge in [0.2, 0.25) is 0 Å². The molecule has 3 aliphatic heterocycles. The third-order valence-corrected chi connectivity index (χ3v) is 6.43. The van der Waals surface area contributed by atoms with Crippen molar-refractivity contribution in [2.75, 3.05) is 13.2 Å². The van der Waals surface area contributed by atoms with Crippen LogP contribution in [0.15, 0.2) is 41.7 Å². The van der Waals surface area contributed by atoms with Crippen molar-refractivity contribution in [2.24, 2.45) is 5.92 Å². The maximum absolute atomic E-state index is 13.3. The van der Waals surface area contributed by atoms with E-state index in [0.717, 1.165) is 38.5 Å². The van der Waals surface area contributed by atoms with E-state index in [1.54, 1.807) is 0 Å². The Balaban J connectivity index is 1.36. The first-order valence-corrected chi connectivity index (χ1v) is 10.0. The standard InChI is InChI=1S/C22H25NO4/c24-19-4-2-1-3-18(19)15-11-16-6-7-17(12-15)23(16)22(25)14-5-8-20-21(13-14)27-10-9-26-20/h2,4-5,8,13,15-17,24H,1,3,6-7,9-12H2/t15-,16+,17-. The number of carbonyl (C=O) groups is 1. The first kappa shape index (κ1) is 16.7. The van der Waals surface area contributed by atoms with Crippen LogP contribution in [0.1, 0.15) is 48.9 Å². The van der Waals surface area contributed by atoms with E-state index in [1.807, 2.05) is 30.4 Å². The van der Waals surface area contributed by atoms with Gasteiger partial charge in [0, 0.05) is 17.6 Å². The number of aliphatic hydroxyl groups is 1. The molecular formula is C22H25NO4. The lowest BCUT2D eigenvalue weighted by Crippen LogP contribution is -2.47. The van der Waals surface area contributed by atoms with Gasteiger partial charge in [-0.3, -0.25) is 4.79 Å². The minimum atomic E-state index is 0.0969. The third kappa shape index (κ3) is 2.89. The van der Waals surface area contributed by atoms with E-state index in [4.69, 9.17) is 9.47 Å². The number of amides is 1. The average Bonchev–Trinajstić information content (AvgIpc) is 2.97. The zero-order chi connectivity index (χ0) is 18.4. The number of ether oxygens (including phenoxy) is 2. The van der Waals surface area contributed by atoms with E-state index in [1.165, 1.54) is 5.57 Å². The fourth-order valence-corrected chi connectivity index (χ4v) is 5.20. The normalized spacial score (nSPS) is 29.2. The van der Waals surface area contributed by atoms with Gasteiger partial charge in [0.1, 0.15) is 19.0 Å². The van der Waals surface area contributed by atoms with Crippen LogP contribution in [0.2, 0.25) is 0 Å². The van der Waals surface area contributed by atoms with E-state index in [9.17, 15) is 9.90 Å². The highest BCUT2D eigenvalue weighted by Gasteiger charge is 2.44. The Hall–Kier alpha value is -2.43. The molecule has 0 unspecified atom stereocenters. The summed E-state index contributed by atoms with van der Waals surface area (Å²) in [5.74, 6) is 2.33. The number of aliphatic hydroxyl groups excluding tert-OH is 1. The van der Waals surface area contributed by atoms with Crippen molar-refractivity contribution in [1.29, 1.82) is 0 Å². The number of rotatable bonds is 2. The predicted octanol–water partition coefficient (Wildman–Crippen LogP) is 4.00. The number of hydrogen-bond acceptors (Lipinski definition) is 4. The van der Waals surface area contributed by atoms with Crippen LogP contribution in [-0.2, 0) is 0 Å². The smallest absolute Gasteiger partial charge is 0.254 e. The lowest BCUT2D eigenvalue weighted by molar-refractivity contribution is 0.0543. The summed E-state index contributed by atoms with van der Waals surface area (Å²) in [7, 11) is 0. The average molecular weight is 367 g/mol. The van der Waals surface area contributed by atoms with Gasteiger partial charge in [-0.2, -0.15) is 0 Å². The van der Waals surface area contributed by atoms with Gasteiger partial charge < -0.3 is 19.5 Å². The van der Waals surface area contributed by atoms with Crippen LogP contribution in [0.25, 0.3) is 0 Å². The summed E-state index contributed by atoms with van der Waals surface area (Å²) in [6, 6.07) is 6.04. The van der Waals surface area contributed by atoms with Gasteiger partial charge in [-0.25, -0.2) is 0 Å². The van der Waals surface area contributed by atoms with Crippen molar-refractivity contribution in [3.63, 3.8) is 0 Å². The maximum atomic E-state index is 13.3. The second kappa shape index (κ2) is 6.63. The van der Waals surface area contributed by atoms with Crippen LogP contribution in [0.5, 0.6) is 11.5 Å². The van der Waals surface area contributed by atoms with Crippen LogP contribution >= 0.6 is 0 Å². The van der Waals surface area contributed by atoms with Crippen LogP contribution < -0.4 is 9.47 Å². The molecular weight excluding hydrogens is 342 g/mol. The first-order chi connectivity index (χ1) is 13.2. The molecule has 2 bridgehead atoms. The van der Waals surface area contributed by atoms with Crippen LogP contribution in [0, 0.1) is 5.92 Å². The fraction of sp³-hybridized carbons (Fsp3) is 0.500. The Morgan fingerprint density at radius 2 is 1.81 bits per heavy atom. The van der Waals surface area contributed by atoms with E-state index in [-0.39, 0.29) is 18.0 Å². The summed E-state index contributed by atoms with van der Waals surface area (Å²) in [5, 5.41) is 10.3. The van der Waals surface area contributed by atoms with Gasteiger partial charge in [-0.1, -0.05) is 6.08 Å². The van der Waals surface area contributed by atoms with Gasteiger partial charge in [-0.05, 0) is 74.3 Å². The molecule has 1 aromatic carbocycles. The number of piperidine rings is 1. The van der Waals surface area contributed by atoms with Gasteiger partial charge in [0.15, 0.2) is 11.5 Å². The number of allylic oxidation sites excluding steroid dienone is 3. The predicted molar refractivity (Wildman–Crippen MR) is 101 cm³/mol. The lowest BCUT2D eigenvalue weighted by Gasteiger charge is -2.40. The second-order valence-electron chi connectivity index (χ2n) is 7.98. The summed E-state index contributed by atoms with van der Waals surface area (Å²) in [6.07, 6.45) is 9.86. The number of hydrogen-bond donors (Lipinski definition) is 1. The molecule has 142 valence electrons. The van der Waals surface area contributed by atoms with Crippen LogP contribution in [-0.4, -0.2) is 41.2 Å². The minimum Gasteiger partial charge on any atom is -0.508 e. The van der Waals surface area contributed by atoms with E-state index in [0.29, 0.717) is 42.0 Å². The molecule has 1 N–H and O–H groups in total. The van der Waals surface area contributed by atoms with E-state index < -0.39 is 0 Å². The first-order valence-electron chi connectivity index (χ1n) is 10.0. The molecule has 3 atom stereocenters. The highest BCUT2D eigenvalue weighted by atomic mass is 16.6. The molecule has 1 aromatic rings. The fourth-order valence-electron chi connectivity index (χ4n) is 5.20. The molecule has 27 heavy (non-hydrogen) atoms. The molecule has 2 saturated heterocycles. The molecule has 0 radical (unpaired) electrons. The number of carbonyl (C=O) groups excluding carboxylic acids is 1. The summed E-state index contributed by atoms with van der Waals surface area (Å²) < 4.78 is 11.2. The van der Waals surface area contributed by atoms with E-state index in [2.05, 4.69) is 4.90 Å². The zero-order valence-corrected chi connectivity index (χ0v) is 15.4. The van der Waals surface area contributed by atoms with Crippen LogP contribution in [0.3, 0.4) is 0 Å². The van der Waals surface area contributed by atoms with Crippen LogP contribution in [0.4, 0.5) is 0 Å². The summed E-state index contributed by atoms with van der Waals surface area (Å²) >= 11 is 0. The summed E-state index contributed by atoms with van der Waals surface area (Å²) in [5.41, 5.74) is 1.87. The van der Waals surface area contributed by atoms with Gasteiger partial charge in [0.05, 0.1) is 0 Å². The van der Waals surface area contributed by atoms with Crippen molar-refractivity contribution in [2.45, 2.75) is 50.6 Å². The summed E-state index contributed by atoms with van der Waals surface area (Å²) in [4.78, 5) is 15.3. The molecule has 5 rings (SSSR count). The second-order valence-corrected chi connectivity index (χ2v) is 7.98. The molecule has 1 amide bonds. The molecule has 5 nitrogen and oxygen atoms in total. The third-order valence-electron chi connectivity index (χ3n) is 6.43. The van der Waals surface area contributed by atoms with Gasteiger partial charge in [-0.15, -0.1) is 0 Å². The number of nitrogens with zero attached hydrogens (tertiary/aromatic N) is 1. The lowest BCUT2D eigenvalue weighted by atomic mass is 9.81. The quantitative estimate of drug-likeness (QED) is 0.858. The molecule has 0 spiro atoms. The molecule has 0 aromatic heterocycles. The monoisotopic (exact) mass is 367 g/mol. The highest BCUT2D eigenvalue weighted by Crippen LogP contribution is 2.44. The maximum Gasteiger partial charge on any atom is 0.254 e. The van der Waals surface area contributed by atoms with Crippen molar-refractivity contribution in [1.82, 2.24) is 4.90 Å². The van der Waals surface area contributed by atoms with Crippen molar-refractivity contribution < 1.29 is 19.4 Å². The number of fused-ring (bicyclic) bond motifs is 3. The highest BCUT2D eigenvalue weighted by molar-refractivity contribution is 5.95. The Morgan fingerprint density at radius 3 is 2.56 bits per heavy atom. The Kier molecular flexibility index (Phi) is 4.10. The Morgan fingerprint density at radius 1 is 1.07 bits per heavy atom. The topological polar surface area (TPSA) is 59.0 Å². The molecule has 2 fully saturated rings. The number of benzene rings is 1. The van der Waals surface area contributed by atoms with Crippen molar-refractivity contribution in [3.8, 4) is 11.5 Å². The molecule has 1 aliphatic carbocycles. The Bertz CT molecular complexity index is 814. The zero-order valence-electron chi connectivity index (χ0n) is 15.4. The van der Waals surface area contributed by atoms with Gasteiger partial charge >= 0.3 is 0 Å². The largest absolute Gasteiger partial charge is 0.508 e. The Labute approximate surface area is 159 Å². The molecule has 3 heterocycles. The minimum absolute atomic E-state index is 0.0969.